The first-order valence-corrected chi connectivity index (χ1v) is 7.16. The van der Waals surface area contributed by atoms with Crippen molar-refractivity contribution in [1.29, 1.82) is 5.26 Å². The van der Waals surface area contributed by atoms with Crippen LogP contribution in [0.1, 0.15) is 6.92 Å². The van der Waals surface area contributed by atoms with Crippen LogP contribution < -0.4 is 0 Å². The topological polar surface area (TPSA) is 54.5 Å². The maximum atomic E-state index is 8.77. The fraction of sp³-hybridized carbons (Fsp3) is 0.308. The molecule has 0 fully saturated rings. The van der Waals surface area contributed by atoms with Crippen LogP contribution in [-0.2, 0) is 7.05 Å². The number of nitriles is 1. The standard InChI is InChI=1S/C13H13ClN4S/c1-9(7-15)8-19-13-17-16-12(18(13)2)10-3-5-11(14)6-4-10/h3-6,9H,8H2,1-2H3/t9-/m0/s1. The zero-order chi connectivity index (χ0) is 13.8. The van der Waals surface area contributed by atoms with E-state index in [2.05, 4.69) is 16.3 Å². The average molecular weight is 293 g/mol. The summed E-state index contributed by atoms with van der Waals surface area (Å²) in [6, 6.07) is 9.70. The summed E-state index contributed by atoms with van der Waals surface area (Å²) in [6.07, 6.45) is 0. The van der Waals surface area contributed by atoms with Gasteiger partial charge in [0, 0.05) is 23.4 Å². The lowest BCUT2D eigenvalue weighted by molar-refractivity contribution is 0.786. The Balaban J connectivity index is 2.18. The second kappa shape index (κ2) is 6.09. The van der Waals surface area contributed by atoms with Gasteiger partial charge in [-0.25, -0.2) is 0 Å². The average Bonchev–Trinajstić information content (AvgIpc) is 2.78. The van der Waals surface area contributed by atoms with Gasteiger partial charge in [-0.15, -0.1) is 10.2 Å². The lowest BCUT2D eigenvalue weighted by Crippen LogP contribution is -1.98. The molecule has 98 valence electrons. The van der Waals surface area contributed by atoms with Crippen molar-refractivity contribution in [2.45, 2.75) is 12.1 Å². The first kappa shape index (κ1) is 13.9. The minimum atomic E-state index is 0.000631. The normalized spacial score (nSPS) is 12.1. The molecule has 2 aromatic rings. The SMILES string of the molecule is C[C@@H](C#N)CSc1nnc(-c2ccc(Cl)cc2)n1C. The number of benzene rings is 1. The van der Waals surface area contributed by atoms with Gasteiger partial charge in [-0.3, -0.25) is 0 Å². The van der Waals surface area contributed by atoms with Crippen LogP contribution in [0.2, 0.25) is 5.02 Å². The van der Waals surface area contributed by atoms with E-state index in [0.29, 0.717) is 10.8 Å². The van der Waals surface area contributed by atoms with E-state index in [1.165, 1.54) is 11.8 Å². The minimum Gasteiger partial charge on any atom is -0.305 e. The molecular formula is C13H13ClN4S. The predicted octanol–water partition coefficient (Wildman–Crippen LogP) is 3.39. The molecule has 1 aromatic carbocycles. The summed E-state index contributed by atoms with van der Waals surface area (Å²) in [5.74, 6) is 1.51. The van der Waals surface area contributed by atoms with E-state index in [1.54, 1.807) is 0 Å². The second-order valence-electron chi connectivity index (χ2n) is 4.21. The van der Waals surface area contributed by atoms with Crippen LogP contribution >= 0.6 is 23.4 Å². The lowest BCUT2D eigenvalue weighted by atomic mass is 10.2. The fourth-order valence-electron chi connectivity index (χ4n) is 1.53. The molecule has 2 rings (SSSR count). The summed E-state index contributed by atoms with van der Waals surface area (Å²) in [6.45, 7) is 1.89. The molecule has 6 heteroatoms. The van der Waals surface area contributed by atoms with Gasteiger partial charge in [0.05, 0.1) is 12.0 Å². The number of hydrogen-bond donors (Lipinski definition) is 0. The summed E-state index contributed by atoms with van der Waals surface area (Å²) in [4.78, 5) is 0. The van der Waals surface area contributed by atoms with Crippen molar-refractivity contribution in [3.8, 4) is 17.5 Å². The molecule has 0 spiro atoms. The summed E-state index contributed by atoms with van der Waals surface area (Å²) in [7, 11) is 1.92. The van der Waals surface area contributed by atoms with Gasteiger partial charge in [-0.2, -0.15) is 5.26 Å². The quantitative estimate of drug-likeness (QED) is 0.811. The molecule has 0 aliphatic carbocycles. The molecule has 1 heterocycles. The monoisotopic (exact) mass is 292 g/mol. The van der Waals surface area contributed by atoms with Crippen LogP contribution in [0.4, 0.5) is 0 Å². The van der Waals surface area contributed by atoms with Gasteiger partial charge in [-0.1, -0.05) is 23.4 Å². The highest BCUT2D eigenvalue weighted by molar-refractivity contribution is 7.99. The van der Waals surface area contributed by atoms with Crippen molar-refractivity contribution in [3.63, 3.8) is 0 Å². The van der Waals surface area contributed by atoms with Crippen LogP contribution in [0.3, 0.4) is 0 Å². The maximum Gasteiger partial charge on any atom is 0.191 e. The zero-order valence-corrected chi connectivity index (χ0v) is 12.2. The molecule has 0 aliphatic rings. The molecule has 0 bridgehead atoms. The molecule has 4 nitrogen and oxygen atoms in total. The summed E-state index contributed by atoms with van der Waals surface area (Å²) in [5.41, 5.74) is 0.972. The van der Waals surface area contributed by atoms with E-state index in [4.69, 9.17) is 16.9 Å². The van der Waals surface area contributed by atoms with E-state index in [1.807, 2.05) is 42.8 Å². The van der Waals surface area contributed by atoms with Gasteiger partial charge >= 0.3 is 0 Å². The highest BCUT2D eigenvalue weighted by Crippen LogP contribution is 2.24. The number of rotatable bonds is 4. The van der Waals surface area contributed by atoms with Crippen molar-refractivity contribution in [2.24, 2.45) is 13.0 Å². The summed E-state index contributed by atoms with van der Waals surface area (Å²) >= 11 is 7.41. The van der Waals surface area contributed by atoms with Gasteiger partial charge in [0.15, 0.2) is 11.0 Å². The van der Waals surface area contributed by atoms with Crippen LogP contribution in [0.5, 0.6) is 0 Å². The Morgan fingerprint density at radius 3 is 2.68 bits per heavy atom. The number of thioether (sulfide) groups is 1. The molecular weight excluding hydrogens is 280 g/mol. The molecule has 1 atom stereocenters. The Morgan fingerprint density at radius 1 is 1.37 bits per heavy atom. The van der Waals surface area contributed by atoms with Crippen molar-refractivity contribution in [3.05, 3.63) is 29.3 Å². The van der Waals surface area contributed by atoms with Crippen LogP contribution in [0.15, 0.2) is 29.4 Å². The van der Waals surface area contributed by atoms with E-state index in [-0.39, 0.29) is 5.92 Å². The molecule has 0 aliphatic heterocycles. The highest BCUT2D eigenvalue weighted by atomic mass is 35.5. The fourth-order valence-corrected chi connectivity index (χ4v) is 2.51. The minimum absolute atomic E-state index is 0.000631. The first-order chi connectivity index (χ1) is 9.11. The van der Waals surface area contributed by atoms with Gasteiger partial charge in [0.1, 0.15) is 0 Å². The molecule has 0 saturated carbocycles. The van der Waals surface area contributed by atoms with Crippen molar-refractivity contribution >= 4 is 23.4 Å². The first-order valence-electron chi connectivity index (χ1n) is 5.79. The summed E-state index contributed by atoms with van der Waals surface area (Å²) < 4.78 is 1.93. The predicted molar refractivity (Wildman–Crippen MR) is 77.0 cm³/mol. The zero-order valence-electron chi connectivity index (χ0n) is 10.7. The Bertz CT molecular complexity index is 600. The van der Waals surface area contributed by atoms with Crippen LogP contribution in [0.25, 0.3) is 11.4 Å². The number of hydrogen-bond acceptors (Lipinski definition) is 4. The lowest BCUT2D eigenvalue weighted by Gasteiger charge is -2.04. The van der Waals surface area contributed by atoms with Crippen molar-refractivity contribution in [2.75, 3.05) is 5.75 Å². The largest absolute Gasteiger partial charge is 0.305 e. The molecule has 19 heavy (non-hydrogen) atoms. The van der Waals surface area contributed by atoms with Gasteiger partial charge in [0.25, 0.3) is 0 Å². The number of nitrogens with zero attached hydrogens (tertiary/aromatic N) is 4. The van der Waals surface area contributed by atoms with Crippen molar-refractivity contribution < 1.29 is 0 Å². The van der Waals surface area contributed by atoms with E-state index >= 15 is 0 Å². The van der Waals surface area contributed by atoms with Crippen molar-refractivity contribution in [1.82, 2.24) is 14.8 Å². The Labute approximate surface area is 121 Å². The molecule has 0 N–H and O–H groups in total. The smallest absolute Gasteiger partial charge is 0.191 e. The third-order valence-corrected chi connectivity index (χ3v) is 4.15. The van der Waals surface area contributed by atoms with E-state index < -0.39 is 0 Å². The maximum absolute atomic E-state index is 8.77. The number of halogens is 1. The van der Waals surface area contributed by atoms with Gasteiger partial charge in [0.2, 0.25) is 0 Å². The van der Waals surface area contributed by atoms with Gasteiger partial charge in [-0.05, 0) is 31.2 Å². The van der Waals surface area contributed by atoms with E-state index in [9.17, 15) is 0 Å². The Hall–Kier alpha value is -1.51. The van der Waals surface area contributed by atoms with Gasteiger partial charge < -0.3 is 4.57 Å². The Kier molecular flexibility index (Phi) is 4.46. The molecule has 0 unspecified atom stereocenters. The third-order valence-electron chi connectivity index (χ3n) is 2.62. The second-order valence-corrected chi connectivity index (χ2v) is 5.64. The van der Waals surface area contributed by atoms with Crippen LogP contribution in [0, 0.1) is 17.2 Å². The molecule has 0 radical (unpaired) electrons. The third kappa shape index (κ3) is 3.28. The number of aromatic nitrogens is 3. The van der Waals surface area contributed by atoms with Crippen LogP contribution in [-0.4, -0.2) is 20.5 Å². The Morgan fingerprint density at radius 2 is 2.05 bits per heavy atom. The summed E-state index contributed by atoms with van der Waals surface area (Å²) in [5, 5.41) is 18.6. The van der Waals surface area contributed by atoms with E-state index in [0.717, 1.165) is 16.5 Å². The molecule has 0 saturated heterocycles. The molecule has 1 aromatic heterocycles. The highest BCUT2D eigenvalue weighted by Gasteiger charge is 2.12. The molecule has 0 amide bonds.